The van der Waals surface area contributed by atoms with Gasteiger partial charge in [0.2, 0.25) is 0 Å². The standard InChI is InChI=1S/C13H24BNO3.2ClH/c1-2-3-5-13(14,12(17)18)6-8-15-7-4-11(9-15)10-16;;/h11,16H,2-10H2,1H3,(H,17,18);2*1H/t11-,13?;;/m1../s1. The average Bonchev–Trinajstić information content (AvgIpc) is 2.81. The van der Waals surface area contributed by atoms with Gasteiger partial charge in [-0.1, -0.05) is 19.8 Å². The molecule has 1 rings (SSSR count). The highest BCUT2D eigenvalue weighted by Gasteiger charge is 2.33. The van der Waals surface area contributed by atoms with E-state index >= 15 is 0 Å². The summed E-state index contributed by atoms with van der Waals surface area (Å²) >= 11 is 0. The minimum Gasteiger partial charge on any atom is -0.481 e. The van der Waals surface area contributed by atoms with Gasteiger partial charge in [0, 0.05) is 18.5 Å². The molecule has 7 heteroatoms. The van der Waals surface area contributed by atoms with Gasteiger partial charge in [-0.05, 0) is 38.3 Å². The summed E-state index contributed by atoms with van der Waals surface area (Å²) in [5.41, 5.74) is 0. The lowest BCUT2D eigenvalue weighted by molar-refractivity contribution is -0.141. The number of carboxylic acids is 1. The smallest absolute Gasteiger partial charge is 0.300 e. The van der Waals surface area contributed by atoms with E-state index in [-0.39, 0.29) is 31.4 Å². The number of halogens is 2. The van der Waals surface area contributed by atoms with Gasteiger partial charge in [-0.2, -0.15) is 0 Å². The molecule has 1 unspecified atom stereocenters. The third-order valence-electron chi connectivity index (χ3n) is 3.90. The van der Waals surface area contributed by atoms with Crippen molar-refractivity contribution in [3.63, 3.8) is 0 Å². The van der Waals surface area contributed by atoms with Crippen LogP contribution in [0.1, 0.15) is 39.0 Å². The fraction of sp³-hybridized carbons (Fsp3) is 0.923. The minimum atomic E-state index is -1.09. The lowest BCUT2D eigenvalue weighted by atomic mass is 9.63. The average molecular weight is 326 g/mol. The van der Waals surface area contributed by atoms with Gasteiger partial charge < -0.3 is 15.1 Å². The minimum absolute atomic E-state index is 0. The van der Waals surface area contributed by atoms with Crippen LogP contribution in [0.5, 0.6) is 0 Å². The molecular weight excluding hydrogens is 300 g/mol. The lowest BCUT2D eigenvalue weighted by Crippen LogP contribution is -2.31. The van der Waals surface area contributed by atoms with Crippen molar-refractivity contribution in [3.8, 4) is 0 Å². The van der Waals surface area contributed by atoms with Crippen molar-refractivity contribution in [2.24, 2.45) is 5.92 Å². The number of aliphatic hydroxyl groups is 1. The Morgan fingerprint density at radius 3 is 2.50 bits per heavy atom. The molecular formula is C13H26BCl2NO3. The van der Waals surface area contributed by atoms with Gasteiger partial charge in [-0.3, -0.25) is 4.79 Å². The molecule has 20 heavy (non-hydrogen) atoms. The van der Waals surface area contributed by atoms with Crippen molar-refractivity contribution in [2.75, 3.05) is 26.2 Å². The molecule has 4 nitrogen and oxygen atoms in total. The van der Waals surface area contributed by atoms with Crippen LogP contribution < -0.4 is 0 Å². The molecule has 0 aromatic carbocycles. The fourth-order valence-corrected chi connectivity index (χ4v) is 2.45. The second-order valence-electron chi connectivity index (χ2n) is 5.45. The summed E-state index contributed by atoms with van der Waals surface area (Å²) in [5.74, 6) is -0.550. The van der Waals surface area contributed by atoms with Crippen LogP contribution in [-0.4, -0.2) is 55.2 Å². The van der Waals surface area contributed by atoms with Crippen molar-refractivity contribution >= 4 is 38.6 Å². The van der Waals surface area contributed by atoms with Crippen molar-refractivity contribution in [1.29, 1.82) is 0 Å². The van der Waals surface area contributed by atoms with Crippen LogP contribution in [0.15, 0.2) is 0 Å². The maximum Gasteiger partial charge on any atom is 0.300 e. The van der Waals surface area contributed by atoms with E-state index in [1.807, 2.05) is 6.92 Å². The zero-order chi connectivity index (χ0) is 13.6. The molecule has 118 valence electrons. The van der Waals surface area contributed by atoms with E-state index in [4.69, 9.17) is 13.0 Å². The van der Waals surface area contributed by atoms with Gasteiger partial charge >= 0.3 is 5.97 Å². The lowest BCUT2D eigenvalue weighted by Gasteiger charge is -2.28. The van der Waals surface area contributed by atoms with E-state index in [2.05, 4.69) is 4.90 Å². The molecule has 0 bridgehead atoms. The third-order valence-corrected chi connectivity index (χ3v) is 3.90. The Kier molecular flexibility index (Phi) is 12.0. The Hall–Kier alpha value is 0.0349. The molecule has 0 amide bonds. The van der Waals surface area contributed by atoms with Gasteiger partial charge in [-0.15, -0.1) is 24.8 Å². The highest BCUT2D eigenvalue weighted by Crippen LogP contribution is 2.34. The van der Waals surface area contributed by atoms with Crippen molar-refractivity contribution < 1.29 is 15.0 Å². The van der Waals surface area contributed by atoms with Crippen LogP contribution in [0, 0.1) is 5.92 Å². The van der Waals surface area contributed by atoms with Crippen LogP contribution in [0.25, 0.3) is 0 Å². The largest absolute Gasteiger partial charge is 0.481 e. The van der Waals surface area contributed by atoms with Crippen molar-refractivity contribution in [2.45, 2.75) is 44.3 Å². The maximum absolute atomic E-state index is 11.3. The van der Waals surface area contributed by atoms with Crippen LogP contribution in [0.3, 0.4) is 0 Å². The zero-order valence-corrected chi connectivity index (χ0v) is 13.7. The molecule has 0 saturated carbocycles. The van der Waals surface area contributed by atoms with Gasteiger partial charge in [0.15, 0.2) is 0 Å². The van der Waals surface area contributed by atoms with E-state index in [9.17, 15) is 9.90 Å². The predicted octanol–water partition coefficient (Wildman–Crippen LogP) is 2.14. The molecule has 1 aliphatic rings. The summed E-state index contributed by atoms with van der Waals surface area (Å²) in [6, 6.07) is 0. The van der Waals surface area contributed by atoms with E-state index < -0.39 is 11.3 Å². The Morgan fingerprint density at radius 2 is 2.05 bits per heavy atom. The molecule has 0 aromatic rings. The third kappa shape index (κ3) is 6.66. The van der Waals surface area contributed by atoms with Gasteiger partial charge in [0.1, 0.15) is 0 Å². The quantitative estimate of drug-likeness (QED) is 0.671. The van der Waals surface area contributed by atoms with Gasteiger partial charge in [0.25, 0.3) is 0 Å². The number of carbonyl (C=O) groups is 1. The predicted molar refractivity (Wildman–Crippen MR) is 86.4 cm³/mol. The number of nitrogens with zero attached hydrogens (tertiary/aromatic N) is 1. The molecule has 2 atom stereocenters. The van der Waals surface area contributed by atoms with E-state index in [1.54, 1.807) is 0 Å². The first-order chi connectivity index (χ1) is 8.51. The number of hydrogen-bond acceptors (Lipinski definition) is 3. The van der Waals surface area contributed by atoms with Gasteiger partial charge in [-0.25, -0.2) is 0 Å². The summed E-state index contributed by atoms with van der Waals surface area (Å²) in [7, 11) is 6.00. The summed E-state index contributed by atoms with van der Waals surface area (Å²) in [6.07, 6.45) is 3.83. The van der Waals surface area contributed by atoms with Crippen LogP contribution in [0.4, 0.5) is 0 Å². The summed E-state index contributed by atoms with van der Waals surface area (Å²) in [5, 5.41) is 17.2. The zero-order valence-electron chi connectivity index (χ0n) is 12.1. The van der Waals surface area contributed by atoms with E-state index in [0.29, 0.717) is 25.3 Å². The van der Waals surface area contributed by atoms with Gasteiger partial charge in [0.05, 0.1) is 7.85 Å². The molecule has 1 fully saturated rings. The number of carboxylic acid groups (broad SMARTS) is 1. The topological polar surface area (TPSA) is 60.8 Å². The molecule has 1 saturated heterocycles. The first-order valence-electron chi connectivity index (χ1n) is 6.87. The molecule has 0 aliphatic carbocycles. The summed E-state index contributed by atoms with van der Waals surface area (Å²) < 4.78 is 0. The Labute approximate surface area is 135 Å². The highest BCUT2D eigenvalue weighted by atomic mass is 35.5. The first kappa shape index (κ1) is 22.3. The molecule has 1 aliphatic heterocycles. The molecule has 1 heterocycles. The monoisotopic (exact) mass is 325 g/mol. The number of likely N-dealkylation sites (tertiary alicyclic amines) is 1. The van der Waals surface area contributed by atoms with E-state index in [1.165, 1.54) is 0 Å². The molecule has 0 spiro atoms. The summed E-state index contributed by atoms with van der Waals surface area (Å²) in [4.78, 5) is 13.5. The Balaban J connectivity index is 0. The SMILES string of the molecule is Cl.Cl.[B]C(CCCC)(CCN1CC[C@@H](CO)C1)C(=O)O. The van der Waals surface area contributed by atoms with Crippen molar-refractivity contribution in [3.05, 3.63) is 0 Å². The fourth-order valence-electron chi connectivity index (χ4n) is 2.45. The molecule has 2 radical (unpaired) electrons. The van der Waals surface area contributed by atoms with Crippen LogP contribution in [0.2, 0.25) is 5.31 Å². The molecule has 2 N–H and O–H groups in total. The summed E-state index contributed by atoms with van der Waals surface area (Å²) in [6.45, 7) is 4.77. The van der Waals surface area contributed by atoms with E-state index in [0.717, 1.165) is 32.4 Å². The van der Waals surface area contributed by atoms with Crippen LogP contribution in [-0.2, 0) is 4.79 Å². The maximum atomic E-state index is 11.3. The number of aliphatic hydroxyl groups excluding tert-OH is 1. The van der Waals surface area contributed by atoms with Crippen LogP contribution >= 0.6 is 24.8 Å². The number of hydrogen-bond donors (Lipinski definition) is 2. The van der Waals surface area contributed by atoms with Crippen molar-refractivity contribution in [1.82, 2.24) is 4.90 Å². The highest BCUT2D eigenvalue weighted by molar-refractivity contribution is 6.26. The second kappa shape index (κ2) is 10.7. The normalized spacial score (nSPS) is 21.6. The molecule has 0 aromatic heterocycles. The number of rotatable bonds is 8. The number of aliphatic carboxylic acids is 1. The first-order valence-corrected chi connectivity index (χ1v) is 6.87. The number of unbranched alkanes of at least 4 members (excludes halogenated alkanes) is 1. The Bertz CT molecular complexity index is 284. The second-order valence-corrected chi connectivity index (χ2v) is 5.45. The Morgan fingerprint density at radius 1 is 1.40 bits per heavy atom.